The van der Waals surface area contributed by atoms with Crippen molar-refractivity contribution >= 4 is 5.69 Å². The van der Waals surface area contributed by atoms with E-state index < -0.39 is 0 Å². The summed E-state index contributed by atoms with van der Waals surface area (Å²) in [7, 11) is 0. The van der Waals surface area contributed by atoms with Gasteiger partial charge in [-0.3, -0.25) is 0 Å². The molecule has 16 heavy (non-hydrogen) atoms. The van der Waals surface area contributed by atoms with E-state index in [2.05, 4.69) is 50.8 Å². The van der Waals surface area contributed by atoms with Crippen LogP contribution in [-0.2, 0) is 4.74 Å². The van der Waals surface area contributed by atoms with Crippen molar-refractivity contribution in [2.24, 2.45) is 0 Å². The molecule has 0 aliphatic carbocycles. The minimum atomic E-state index is 0.324. The molecule has 0 N–H and O–H groups in total. The molecule has 1 heterocycles. The van der Waals surface area contributed by atoms with Crippen LogP contribution in [0.1, 0.15) is 25.0 Å². The molecule has 1 aliphatic heterocycles. The largest absolute Gasteiger partial charge is 0.372 e. The number of anilines is 1. The Labute approximate surface area is 98.2 Å². The Balaban J connectivity index is 2.19. The van der Waals surface area contributed by atoms with E-state index >= 15 is 0 Å². The highest BCUT2D eigenvalue weighted by molar-refractivity contribution is 5.51. The molecule has 2 nitrogen and oxygen atoms in total. The smallest absolute Gasteiger partial charge is 0.0726 e. The third kappa shape index (κ3) is 2.38. The zero-order chi connectivity index (χ0) is 11.7. The standard InChI is InChI=1S/C14H21NO/c1-10-5-6-14(7-11(10)2)15-8-12(3)16-13(4)9-15/h5-7,12-13H,8-9H2,1-4H3/t12-,13+. The van der Waals surface area contributed by atoms with Gasteiger partial charge in [0, 0.05) is 18.8 Å². The van der Waals surface area contributed by atoms with Crippen molar-refractivity contribution in [2.75, 3.05) is 18.0 Å². The van der Waals surface area contributed by atoms with Crippen molar-refractivity contribution in [3.05, 3.63) is 29.3 Å². The van der Waals surface area contributed by atoms with Crippen LogP contribution in [0, 0.1) is 13.8 Å². The Morgan fingerprint density at radius 3 is 2.25 bits per heavy atom. The number of aryl methyl sites for hydroxylation is 2. The fraction of sp³-hybridized carbons (Fsp3) is 0.571. The molecule has 0 aromatic heterocycles. The van der Waals surface area contributed by atoms with Crippen molar-refractivity contribution < 1.29 is 4.74 Å². The van der Waals surface area contributed by atoms with Gasteiger partial charge in [0.15, 0.2) is 0 Å². The average molecular weight is 219 g/mol. The Morgan fingerprint density at radius 1 is 1.06 bits per heavy atom. The monoisotopic (exact) mass is 219 g/mol. The van der Waals surface area contributed by atoms with Gasteiger partial charge < -0.3 is 9.64 Å². The van der Waals surface area contributed by atoms with Crippen molar-refractivity contribution in [1.29, 1.82) is 0 Å². The van der Waals surface area contributed by atoms with Crippen LogP contribution in [0.5, 0.6) is 0 Å². The summed E-state index contributed by atoms with van der Waals surface area (Å²) < 4.78 is 5.75. The van der Waals surface area contributed by atoms with Crippen LogP contribution >= 0.6 is 0 Å². The molecule has 0 unspecified atom stereocenters. The number of ether oxygens (including phenoxy) is 1. The minimum Gasteiger partial charge on any atom is -0.372 e. The molecule has 88 valence electrons. The van der Waals surface area contributed by atoms with Crippen LogP contribution in [-0.4, -0.2) is 25.3 Å². The van der Waals surface area contributed by atoms with Crippen molar-refractivity contribution in [3.8, 4) is 0 Å². The molecular weight excluding hydrogens is 198 g/mol. The fourth-order valence-corrected chi connectivity index (χ4v) is 2.31. The number of hydrogen-bond donors (Lipinski definition) is 0. The molecule has 1 saturated heterocycles. The van der Waals surface area contributed by atoms with Gasteiger partial charge in [0.2, 0.25) is 0 Å². The molecule has 0 saturated carbocycles. The van der Waals surface area contributed by atoms with Gasteiger partial charge in [-0.25, -0.2) is 0 Å². The summed E-state index contributed by atoms with van der Waals surface area (Å²) in [4.78, 5) is 2.42. The Kier molecular flexibility index (Phi) is 3.20. The summed E-state index contributed by atoms with van der Waals surface area (Å²) in [6.45, 7) is 10.6. The molecule has 0 radical (unpaired) electrons. The van der Waals surface area contributed by atoms with E-state index in [1.54, 1.807) is 0 Å². The molecule has 1 aromatic carbocycles. The first-order valence-electron chi connectivity index (χ1n) is 6.04. The summed E-state index contributed by atoms with van der Waals surface area (Å²) >= 11 is 0. The summed E-state index contributed by atoms with van der Waals surface area (Å²) in [5.74, 6) is 0. The second kappa shape index (κ2) is 4.46. The average Bonchev–Trinajstić information content (AvgIpc) is 2.20. The van der Waals surface area contributed by atoms with Crippen molar-refractivity contribution in [2.45, 2.75) is 39.9 Å². The molecule has 1 aromatic rings. The van der Waals surface area contributed by atoms with Gasteiger partial charge in [-0.15, -0.1) is 0 Å². The molecule has 0 amide bonds. The summed E-state index contributed by atoms with van der Waals surface area (Å²) in [6, 6.07) is 6.70. The molecular formula is C14H21NO. The first kappa shape index (κ1) is 11.5. The first-order valence-corrected chi connectivity index (χ1v) is 6.04. The zero-order valence-corrected chi connectivity index (χ0v) is 10.7. The van der Waals surface area contributed by atoms with Gasteiger partial charge in [0.05, 0.1) is 12.2 Å². The van der Waals surface area contributed by atoms with E-state index in [0.29, 0.717) is 12.2 Å². The lowest BCUT2D eigenvalue weighted by atomic mass is 10.1. The second-order valence-electron chi connectivity index (χ2n) is 4.93. The Morgan fingerprint density at radius 2 is 1.69 bits per heavy atom. The van der Waals surface area contributed by atoms with E-state index in [0.717, 1.165) is 13.1 Å². The van der Waals surface area contributed by atoms with Gasteiger partial charge in [0.1, 0.15) is 0 Å². The van der Waals surface area contributed by atoms with E-state index in [4.69, 9.17) is 4.74 Å². The molecule has 2 heteroatoms. The van der Waals surface area contributed by atoms with E-state index in [-0.39, 0.29) is 0 Å². The minimum absolute atomic E-state index is 0.324. The van der Waals surface area contributed by atoms with E-state index in [1.165, 1.54) is 16.8 Å². The highest BCUT2D eigenvalue weighted by Gasteiger charge is 2.22. The number of hydrogen-bond acceptors (Lipinski definition) is 2. The Bertz CT molecular complexity index is 365. The van der Waals surface area contributed by atoms with E-state index in [1.807, 2.05) is 0 Å². The predicted octanol–water partition coefficient (Wildman–Crippen LogP) is 2.92. The molecule has 2 atom stereocenters. The predicted molar refractivity (Wildman–Crippen MR) is 68.1 cm³/mol. The lowest BCUT2D eigenvalue weighted by Crippen LogP contribution is -2.45. The van der Waals surface area contributed by atoms with Crippen molar-refractivity contribution in [1.82, 2.24) is 0 Å². The molecule has 0 bridgehead atoms. The van der Waals surface area contributed by atoms with Gasteiger partial charge in [-0.05, 0) is 51.0 Å². The highest BCUT2D eigenvalue weighted by Crippen LogP contribution is 2.22. The summed E-state index contributed by atoms with van der Waals surface area (Å²) in [5, 5.41) is 0. The lowest BCUT2D eigenvalue weighted by Gasteiger charge is -2.37. The maximum atomic E-state index is 5.75. The Hall–Kier alpha value is -1.02. The SMILES string of the molecule is Cc1ccc(N2C[C@@H](C)O[C@@H](C)C2)cc1C. The van der Waals surface area contributed by atoms with Gasteiger partial charge in [-0.2, -0.15) is 0 Å². The quantitative estimate of drug-likeness (QED) is 0.720. The molecule has 1 fully saturated rings. The topological polar surface area (TPSA) is 12.5 Å². The first-order chi connectivity index (χ1) is 7.56. The third-order valence-corrected chi connectivity index (χ3v) is 3.28. The van der Waals surface area contributed by atoms with Gasteiger partial charge in [-0.1, -0.05) is 6.07 Å². The van der Waals surface area contributed by atoms with Gasteiger partial charge >= 0.3 is 0 Å². The number of benzene rings is 1. The van der Waals surface area contributed by atoms with Gasteiger partial charge in [0.25, 0.3) is 0 Å². The maximum absolute atomic E-state index is 5.75. The fourth-order valence-electron chi connectivity index (χ4n) is 2.31. The molecule has 2 rings (SSSR count). The third-order valence-electron chi connectivity index (χ3n) is 3.28. The second-order valence-corrected chi connectivity index (χ2v) is 4.93. The normalized spacial score (nSPS) is 25.9. The van der Waals surface area contributed by atoms with Crippen LogP contribution in [0.4, 0.5) is 5.69 Å². The maximum Gasteiger partial charge on any atom is 0.0726 e. The van der Waals surface area contributed by atoms with Crippen LogP contribution in [0.2, 0.25) is 0 Å². The number of rotatable bonds is 1. The highest BCUT2D eigenvalue weighted by atomic mass is 16.5. The van der Waals surface area contributed by atoms with Crippen LogP contribution in [0.3, 0.4) is 0 Å². The molecule has 1 aliphatic rings. The van der Waals surface area contributed by atoms with Crippen molar-refractivity contribution in [3.63, 3.8) is 0 Å². The van der Waals surface area contributed by atoms with Crippen LogP contribution < -0.4 is 4.90 Å². The summed E-state index contributed by atoms with van der Waals surface area (Å²) in [5.41, 5.74) is 4.05. The van der Waals surface area contributed by atoms with E-state index in [9.17, 15) is 0 Å². The zero-order valence-electron chi connectivity index (χ0n) is 10.7. The number of morpholine rings is 1. The summed E-state index contributed by atoms with van der Waals surface area (Å²) in [6.07, 6.45) is 0.649. The number of nitrogens with zero attached hydrogens (tertiary/aromatic N) is 1. The van der Waals surface area contributed by atoms with Crippen LogP contribution in [0.15, 0.2) is 18.2 Å². The van der Waals surface area contributed by atoms with Crippen LogP contribution in [0.25, 0.3) is 0 Å². The molecule has 0 spiro atoms. The lowest BCUT2D eigenvalue weighted by molar-refractivity contribution is -0.00521.